The number of hydrazone groups is 1. The maximum absolute atomic E-state index is 12.4. The van der Waals surface area contributed by atoms with Gasteiger partial charge in [0.2, 0.25) is 0 Å². The minimum Gasteiger partial charge on any atom is -0.489 e. The molecule has 1 unspecified atom stereocenters. The van der Waals surface area contributed by atoms with Crippen LogP contribution in [0.5, 0.6) is 5.75 Å². The molecule has 4 nitrogen and oxygen atoms in total. The summed E-state index contributed by atoms with van der Waals surface area (Å²) in [6.07, 6.45) is 5.57. The molecule has 0 saturated carbocycles. The number of hydrogen-bond acceptors (Lipinski definition) is 3. The first-order valence-corrected chi connectivity index (χ1v) is 8.05. The summed E-state index contributed by atoms with van der Waals surface area (Å²) in [5.74, 6) is 0.616. The average Bonchev–Trinajstić information content (AvgIpc) is 2.59. The van der Waals surface area contributed by atoms with Gasteiger partial charge in [-0.25, -0.2) is 5.43 Å². The minimum absolute atomic E-state index is 0.285. The molecule has 1 aliphatic rings. The Hall–Kier alpha value is -2.62. The van der Waals surface area contributed by atoms with Gasteiger partial charge in [0.05, 0.1) is 11.3 Å². The summed E-state index contributed by atoms with van der Waals surface area (Å²) in [6, 6.07) is 7.10. The molecular weight excluding hydrogens is 300 g/mol. The first kappa shape index (κ1) is 17.7. The molecule has 1 amide bonds. The van der Waals surface area contributed by atoms with Crippen molar-refractivity contribution in [1.82, 2.24) is 5.43 Å². The van der Waals surface area contributed by atoms with Crippen molar-refractivity contribution in [2.45, 2.75) is 26.7 Å². The van der Waals surface area contributed by atoms with Crippen LogP contribution in [0.15, 0.2) is 65.8 Å². The van der Waals surface area contributed by atoms with E-state index in [0.29, 0.717) is 23.8 Å². The normalized spacial score (nSPS) is 18.7. The fourth-order valence-corrected chi connectivity index (χ4v) is 2.53. The first-order valence-electron chi connectivity index (χ1n) is 8.05. The average molecular weight is 324 g/mol. The van der Waals surface area contributed by atoms with Gasteiger partial charge < -0.3 is 4.74 Å². The fraction of sp³-hybridized carbons (Fsp3) is 0.300. The van der Waals surface area contributed by atoms with Gasteiger partial charge in [-0.1, -0.05) is 43.0 Å². The smallest absolute Gasteiger partial charge is 0.275 e. The van der Waals surface area contributed by atoms with E-state index in [1.54, 1.807) is 24.3 Å². The number of hydrogen-bond donors (Lipinski definition) is 1. The Balaban J connectivity index is 2.12. The molecule has 1 N–H and O–H groups in total. The Morgan fingerprint density at radius 2 is 2.21 bits per heavy atom. The molecule has 126 valence electrons. The van der Waals surface area contributed by atoms with Crippen molar-refractivity contribution in [3.8, 4) is 5.75 Å². The number of nitrogens with one attached hydrogen (secondary N) is 1. The van der Waals surface area contributed by atoms with E-state index in [0.717, 1.165) is 29.7 Å². The summed E-state index contributed by atoms with van der Waals surface area (Å²) < 4.78 is 5.52. The summed E-state index contributed by atoms with van der Waals surface area (Å²) in [5.41, 5.74) is 6.24. The van der Waals surface area contributed by atoms with Crippen LogP contribution in [-0.4, -0.2) is 18.2 Å². The van der Waals surface area contributed by atoms with Crippen molar-refractivity contribution in [2.24, 2.45) is 11.0 Å². The Morgan fingerprint density at radius 1 is 1.46 bits per heavy atom. The van der Waals surface area contributed by atoms with E-state index >= 15 is 0 Å². The largest absolute Gasteiger partial charge is 0.489 e. The lowest BCUT2D eigenvalue weighted by atomic mass is 9.85. The zero-order chi connectivity index (χ0) is 17.5. The van der Waals surface area contributed by atoms with Crippen LogP contribution in [0.25, 0.3) is 0 Å². The quantitative estimate of drug-likeness (QED) is 0.627. The third-order valence-corrected chi connectivity index (χ3v) is 4.08. The van der Waals surface area contributed by atoms with Gasteiger partial charge in [-0.2, -0.15) is 5.10 Å². The molecule has 1 aromatic rings. The van der Waals surface area contributed by atoms with E-state index in [-0.39, 0.29) is 5.91 Å². The highest BCUT2D eigenvalue weighted by molar-refractivity contribution is 6.03. The summed E-state index contributed by atoms with van der Waals surface area (Å²) in [6.45, 7) is 12.0. The maximum Gasteiger partial charge on any atom is 0.275 e. The predicted octanol–water partition coefficient (Wildman–Crippen LogP) is 4.27. The molecule has 1 atom stereocenters. The van der Waals surface area contributed by atoms with Crippen molar-refractivity contribution in [2.75, 3.05) is 6.61 Å². The molecular formula is C20H24N2O2. The summed E-state index contributed by atoms with van der Waals surface area (Å²) in [7, 11) is 0. The Morgan fingerprint density at radius 3 is 2.92 bits per heavy atom. The van der Waals surface area contributed by atoms with Crippen molar-refractivity contribution in [1.29, 1.82) is 0 Å². The number of carbonyl (C=O) groups excluding carboxylic acids is 1. The summed E-state index contributed by atoms with van der Waals surface area (Å²) >= 11 is 0. The summed E-state index contributed by atoms with van der Waals surface area (Å²) in [4.78, 5) is 12.4. The molecule has 2 rings (SSSR count). The molecule has 0 aromatic heterocycles. The molecule has 24 heavy (non-hydrogen) atoms. The number of rotatable bonds is 6. The second kappa shape index (κ2) is 8.29. The number of carbonyl (C=O) groups is 1. The van der Waals surface area contributed by atoms with Crippen LogP contribution >= 0.6 is 0 Å². The minimum atomic E-state index is -0.285. The van der Waals surface area contributed by atoms with E-state index in [9.17, 15) is 4.79 Å². The van der Waals surface area contributed by atoms with E-state index in [2.05, 4.69) is 29.8 Å². The second-order valence-electron chi connectivity index (χ2n) is 5.97. The molecule has 0 aliphatic heterocycles. The number of nitrogens with zero attached hydrogens (tertiary/aromatic N) is 1. The molecule has 0 heterocycles. The van der Waals surface area contributed by atoms with Gasteiger partial charge in [-0.3, -0.25) is 4.79 Å². The molecule has 1 aromatic carbocycles. The van der Waals surface area contributed by atoms with Crippen molar-refractivity contribution < 1.29 is 9.53 Å². The summed E-state index contributed by atoms with van der Waals surface area (Å²) in [5, 5.41) is 4.33. The van der Waals surface area contributed by atoms with Crippen LogP contribution in [-0.2, 0) is 0 Å². The van der Waals surface area contributed by atoms with Crippen LogP contribution < -0.4 is 10.2 Å². The molecule has 0 radical (unpaired) electrons. The van der Waals surface area contributed by atoms with Crippen molar-refractivity contribution in [3.63, 3.8) is 0 Å². The van der Waals surface area contributed by atoms with Crippen LogP contribution in [0.4, 0.5) is 0 Å². The van der Waals surface area contributed by atoms with Gasteiger partial charge in [0, 0.05) is 0 Å². The van der Waals surface area contributed by atoms with E-state index in [4.69, 9.17) is 4.74 Å². The zero-order valence-corrected chi connectivity index (χ0v) is 14.3. The lowest BCUT2D eigenvalue weighted by Crippen LogP contribution is -2.23. The maximum atomic E-state index is 12.4. The van der Waals surface area contributed by atoms with Crippen LogP contribution in [0.2, 0.25) is 0 Å². The van der Waals surface area contributed by atoms with Gasteiger partial charge >= 0.3 is 0 Å². The Labute approximate surface area is 143 Å². The predicted molar refractivity (Wildman–Crippen MR) is 98.3 cm³/mol. The molecule has 0 bridgehead atoms. The van der Waals surface area contributed by atoms with E-state index in [1.807, 2.05) is 19.9 Å². The van der Waals surface area contributed by atoms with Gasteiger partial charge in [-0.15, -0.1) is 0 Å². The van der Waals surface area contributed by atoms with E-state index < -0.39 is 0 Å². The Kier molecular flexibility index (Phi) is 6.13. The molecule has 4 heteroatoms. The number of allylic oxidation sites excluding steroid dienone is 3. The van der Waals surface area contributed by atoms with Crippen molar-refractivity contribution >= 4 is 11.6 Å². The van der Waals surface area contributed by atoms with Crippen LogP contribution in [0.1, 0.15) is 37.0 Å². The Bertz CT molecular complexity index is 701. The lowest BCUT2D eigenvalue weighted by molar-refractivity contribution is 0.0951. The van der Waals surface area contributed by atoms with Gasteiger partial charge in [-0.05, 0) is 50.3 Å². The lowest BCUT2D eigenvalue weighted by Gasteiger charge is -2.22. The van der Waals surface area contributed by atoms with E-state index in [1.165, 1.54) is 0 Å². The molecule has 0 spiro atoms. The monoisotopic (exact) mass is 324 g/mol. The molecule has 1 aliphatic carbocycles. The highest BCUT2D eigenvalue weighted by Crippen LogP contribution is 2.26. The first-order chi connectivity index (χ1) is 11.5. The van der Waals surface area contributed by atoms with Crippen LogP contribution in [0.3, 0.4) is 0 Å². The number of benzene rings is 1. The van der Waals surface area contributed by atoms with Crippen LogP contribution in [0, 0.1) is 5.92 Å². The highest BCUT2D eigenvalue weighted by Gasteiger charge is 2.19. The second-order valence-corrected chi connectivity index (χ2v) is 5.97. The van der Waals surface area contributed by atoms with Gasteiger partial charge in [0.1, 0.15) is 12.4 Å². The standard InChI is InChI=1S/C20H24N2O2/c1-5-12-24-19-9-7-6-8-17(19)20(23)22-21-18-13-16(14(2)3)11-10-15(18)4/h5-10,16H,1-2,11-13H2,3-4H3,(H,22,23)/b21-18+. The number of para-hydroxylation sites is 1. The third kappa shape index (κ3) is 4.44. The van der Waals surface area contributed by atoms with Gasteiger partial charge in [0.15, 0.2) is 0 Å². The molecule has 0 fully saturated rings. The zero-order valence-electron chi connectivity index (χ0n) is 14.3. The fourth-order valence-electron chi connectivity index (χ4n) is 2.53. The number of ether oxygens (including phenoxy) is 1. The highest BCUT2D eigenvalue weighted by atomic mass is 16.5. The van der Waals surface area contributed by atoms with Gasteiger partial charge in [0.25, 0.3) is 5.91 Å². The topological polar surface area (TPSA) is 50.7 Å². The molecule has 0 saturated heterocycles. The third-order valence-electron chi connectivity index (χ3n) is 4.08. The van der Waals surface area contributed by atoms with Crippen molar-refractivity contribution in [3.05, 3.63) is 66.3 Å². The SMILES string of the molecule is C=CCOc1ccccc1C(=O)N/N=C1\CC(C(=C)C)CC=C1C. The number of amides is 1.